The van der Waals surface area contributed by atoms with Crippen LogP contribution in [-0.4, -0.2) is 24.5 Å². The second kappa shape index (κ2) is 11.2. The summed E-state index contributed by atoms with van der Waals surface area (Å²) in [7, 11) is 0. The van der Waals surface area contributed by atoms with Crippen molar-refractivity contribution in [2.24, 2.45) is 0 Å². The lowest BCUT2D eigenvalue weighted by Crippen LogP contribution is -2.54. The molecule has 0 unspecified atom stereocenters. The molecule has 0 spiro atoms. The van der Waals surface area contributed by atoms with Gasteiger partial charge in [0.2, 0.25) is 0 Å². The van der Waals surface area contributed by atoms with Crippen LogP contribution in [0.25, 0.3) is 6.08 Å². The number of barbiturate groups is 1. The van der Waals surface area contributed by atoms with E-state index < -0.39 is 17.8 Å². The number of imide groups is 2. The minimum absolute atomic E-state index is 0.207. The van der Waals surface area contributed by atoms with E-state index in [2.05, 4.69) is 21.2 Å². The van der Waals surface area contributed by atoms with Gasteiger partial charge in [-0.3, -0.25) is 14.9 Å². The highest BCUT2D eigenvalue weighted by atomic mass is 79.9. The second-order valence-electron chi connectivity index (χ2n) is 8.39. The van der Waals surface area contributed by atoms with E-state index in [1.54, 1.807) is 25.1 Å². The molecular formula is C28H24BrClN2O5. The highest BCUT2D eigenvalue weighted by Crippen LogP contribution is 2.38. The number of carbonyl (C=O) groups is 3. The molecule has 7 nitrogen and oxygen atoms in total. The van der Waals surface area contributed by atoms with Crippen molar-refractivity contribution in [1.29, 1.82) is 0 Å². The third-order valence-electron chi connectivity index (χ3n) is 5.68. The van der Waals surface area contributed by atoms with Crippen LogP contribution < -0.4 is 19.7 Å². The summed E-state index contributed by atoms with van der Waals surface area (Å²) in [5.74, 6) is -0.821. The predicted molar refractivity (Wildman–Crippen MR) is 146 cm³/mol. The highest BCUT2D eigenvalue weighted by molar-refractivity contribution is 9.10. The summed E-state index contributed by atoms with van der Waals surface area (Å²) in [6, 6.07) is 15.5. The summed E-state index contributed by atoms with van der Waals surface area (Å²) in [6.07, 6.45) is 1.38. The minimum Gasteiger partial charge on any atom is -0.490 e. The summed E-state index contributed by atoms with van der Waals surface area (Å²) in [6.45, 7) is 6.05. The number of benzene rings is 3. The highest BCUT2D eigenvalue weighted by Gasteiger charge is 2.37. The molecule has 0 radical (unpaired) electrons. The average molecular weight is 584 g/mol. The van der Waals surface area contributed by atoms with Crippen LogP contribution >= 0.6 is 27.5 Å². The van der Waals surface area contributed by atoms with E-state index in [4.69, 9.17) is 21.1 Å². The zero-order chi connectivity index (χ0) is 26.7. The molecule has 0 bridgehead atoms. The van der Waals surface area contributed by atoms with Gasteiger partial charge in [-0.25, -0.2) is 9.69 Å². The van der Waals surface area contributed by atoms with E-state index in [0.717, 1.165) is 26.1 Å². The number of hydrogen-bond donors (Lipinski definition) is 1. The molecule has 0 saturated carbocycles. The molecule has 0 atom stereocenters. The third kappa shape index (κ3) is 5.70. The number of nitrogens with one attached hydrogen (secondary N) is 1. The van der Waals surface area contributed by atoms with Crippen molar-refractivity contribution < 1.29 is 23.9 Å². The summed E-state index contributed by atoms with van der Waals surface area (Å²) in [5.41, 5.74) is 3.15. The smallest absolute Gasteiger partial charge is 0.335 e. The van der Waals surface area contributed by atoms with Crippen LogP contribution in [0.15, 0.2) is 64.6 Å². The summed E-state index contributed by atoms with van der Waals surface area (Å²) in [5, 5.41) is 2.50. The van der Waals surface area contributed by atoms with E-state index in [9.17, 15) is 14.4 Å². The Morgan fingerprint density at radius 2 is 1.78 bits per heavy atom. The van der Waals surface area contributed by atoms with Crippen LogP contribution in [0.4, 0.5) is 10.5 Å². The first-order valence-electron chi connectivity index (χ1n) is 11.5. The van der Waals surface area contributed by atoms with E-state index >= 15 is 0 Å². The van der Waals surface area contributed by atoms with Gasteiger partial charge in [0, 0.05) is 10.0 Å². The summed E-state index contributed by atoms with van der Waals surface area (Å²) < 4.78 is 12.6. The van der Waals surface area contributed by atoms with Crippen molar-refractivity contribution >= 4 is 57.1 Å². The number of hydrogen-bond acceptors (Lipinski definition) is 5. The fraction of sp³-hybridized carbons (Fsp3) is 0.179. The van der Waals surface area contributed by atoms with Gasteiger partial charge in [0.15, 0.2) is 11.5 Å². The monoisotopic (exact) mass is 582 g/mol. The van der Waals surface area contributed by atoms with Gasteiger partial charge in [0.1, 0.15) is 12.2 Å². The molecule has 1 aliphatic heterocycles. The number of urea groups is 1. The van der Waals surface area contributed by atoms with Gasteiger partial charge < -0.3 is 9.47 Å². The lowest BCUT2D eigenvalue weighted by Gasteiger charge is -2.28. The molecule has 1 fully saturated rings. The lowest BCUT2D eigenvalue weighted by atomic mass is 10.0. The molecule has 1 heterocycles. The number of nitrogens with zero attached hydrogens (tertiary/aromatic N) is 1. The topological polar surface area (TPSA) is 84.9 Å². The first-order valence-corrected chi connectivity index (χ1v) is 12.7. The molecule has 9 heteroatoms. The second-order valence-corrected chi connectivity index (χ2v) is 9.65. The number of amides is 4. The number of anilines is 1. The van der Waals surface area contributed by atoms with Crippen LogP contribution in [0.5, 0.6) is 11.5 Å². The van der Waals surface area contributed by atoms with Gasteiger partial charge in [0.05, 0.1) is 17.3 Å². The van der Waals surface area contributed by atoms with Crippen molar-refractivity contribution in [3.8, 4) is 11.5 Å². The zero-order valence-electron chi connectivity index (χ0n) is 20.4. The SMILES string of the molecule is CCOc1cc(/C=C2\C(=O)NC(=O)N(c3cc(C)ccc3C)C2=O)cc(Cl)c1OCc1ccccc1Br. The Labute approximate surface area is 228 Å². The molecule has 37 heavy (non-hydrogen) atoms. The van der Waals surface area contributed by atoms with E-state index in [0.29, 0.717) is 29.4 Å². The fourth-order valence-electron chi connectivity index (χ4n) is 3.84. The zero-order valence-corrected chi connectivity index (χ0v) is 22.8. The summed E-state index contributed by atoms with van der Waals surface area (Å²) in [4.78, 5) is 39.6. The van der Waals surface area contributed by atoms with Crippen LogP contribution in [0.2, 0.25) is 5.02 Å². The minimum atomic E-state index is -0.801. The van der Waals surface area contributed by atoms with Gasteiger partial charge in [0.25, 0.3) is 11.8 Å². The Balaban J connectivity index is 1.69. The Morgan fingerprint density at radius 1 is 1.03 bits per heavy atom. The first-order chi connectivity index (χ1) is 17.7. The molecule has 4 rings (SSSR count). The van der Waals surface area contributed by atoms with E-state index in [-0.39, 0.29) is 17.2 Å². The maximum Gasteiger partial charge on any atom is 0.335 e. The molecule has 3 aromatic carbocycles. The molecule has 3 aromatic rings. The third-order valence-corrected chi connectivity index (χ3v) is 6.73. The first kappa shape index (κ1) is 26.4. The van der Waals surface area contributed by atoms with E-state index in [1.807, 2.05) is 50.2 Å². The standard InChI is InChI=1S/C28H24BrClN2O5/c1-4-36-24-14-18(13-22(30)25(24)37-15-19-7-5-6-8-21(19)29)12-20-26(33)31-28(35)32(27(20)34)23-11-16(2)9-10-17(23)3/h5-14H,4,15H2,1-3H3,(H,31,33,35)/b20-12+. The van der Waals surface area contributed by atoms with Gasteiger partial charge in [-0.1, -0.05) is 57.9 Å². The van der Waals surface area contributed by atoms with Gasteiger partial charge in [-0.05, 0) is 67.8 Å². The van der Waals surface area contributed by atoms with Crippen molar-refractivity contribution in [1.82, 2.24) is 5.32 Å². The molecule has 1 aliphatic rings. The maximum absolute atomic E-state index is 13.4. The lowest BCUT2D eigenvalue weighted by molar-refractivity contribution is -0.122. The normalized spacial score (nSPS) is 14.7. The number of ether oxygens (including phenoxy) is 2. The number of aryl methyl sites for hydroxylation is 2. The van der Waals surface area contributed by atoms with Gasteiger partial charge in [-0.2, -0.15) is 0 Å². The van der Waals surface area contributed by atoms with Crippen LogP contribution in [-0.2, 0) is 16.2 Å². The predicted octanol–water partition coefficient (Wildman–Crippen LogP) is 6.36. The maximum atomic E-state index is 13.4. The van der Waals surface area contributed by atoms with Gasteiger partial charge >= 0.3 is 6.03 Å². The summed E-state index contributed by atoms with van der Waals surface area (Å²) >= 11 is 10.1. The van der Waals surface area contributed by atoms with Crippen molar-refractivity contribution in [3.05, 3.63) is 91.9 Å². The number of halogens is 2. The Kier molecular flexibility index (Phi) is 8.00. The molecule has 190 valence electrons. The molecular weight excluding hydrogens is 560 g/mol. The number of carbonyl (C=O) groups excluding carboxylic acids is 3. The molecule has 0 aromatic heterocycles. The van der Waals surface area contributed by atoms with Crippen LogP contribution in [0.3, 0.4) is 0 Å². The molecule has 1 saturated heterocycles. The van der Waals surface area contributed by atoms with Crippen LogP contribution in [0, 0.1) is 13.8 Å². The average Bonchev–Trinajstić information content (AvgIpc) is 2.84. The molecule has 0 aliphatic carbocycles. The Morgan fingerprint density at radius 3 is 2.51 bits per heavy atom. The molecule has 4 amide bonds. The fourth-order valence-corrected chi connectivity index (χ4v) is 4.52. The number of rotatable bonds is 7. The largest absolute Gasteiger partial charge is 0.490 e. The van der Waals surface area contributed by atoms with Gasteiger partial charge in [-0.15, -0.1) is 0 Å². The van der Waals surface area contributed by atoms with Crippen molar-refractivity contribution in [3.63, 3.8) is 0 Å². The Hall–Kier alpha value is -3.62. The van der Waals surface area contributed by atoms with E-state index in [1.165, 1.54) is 6.08 Å². The molecule has 1 N–H and O–H groups in total. The Bertz CT molecular complexity index is 1440. The van der Waals surface area contributed by atoms with Crippen molar-refractivity contribution in [2.45, 2.75) is 27.4 Å². The van der Waals surface area contributed by atoms with Crippen LogP contribution in [0.1, 0.15) is 29.2 Å². The quantitative estimate of drug-likeness (QED) is 0.258. The van der Waals surface area contributed by atoms with Crippen molar-refractivity contribution in [2.75, 3.05) is 11.5 Å².